The predicted molar refractivity (Wildman–Crippen MR) is 25.1 cm³/mol. The van der Waals surface area contributed by atoms with Crippen LogP contribution in [0, 0.1) is 5.92 Å². The molecule has 0 aromatic rings. The summed E-state index contributed by atoms with van der Waals surface area (Å²) in [6.07, 6.45) is 4.35. The minimum atomic E-state index is 1.00. The average molecular weight is 86.2 g/mol. The highest BCUT2D eigenvalue weighted by Crippen LogP contribution is 2.23. The molecule has 1 fully saturated rings. The van der Waals surface area contributed by atoms with Crippen LogP contribution >= 0.6 is 0 Å². The fraction of sp³-hybridized carbons (Fsp3) is 1.00. The van der Waals surface area contributed by atoms with Gasteiger partial charge >= 0.3 is 0 Å². The lowest BCUT2D eigenvalue weighted by Gasteiger charge is -2.20. The van der Waals surface area contributed by atoms with Crippen LogP contribution in [0.1, 0.15) is 19.3 Å². The molecule has 0 unspecified atom stereocenters. The topological polar surface area (TPSA) is 27.6 Å². The smallest absolute Gasteiger partial charge is 0.0768 e. The second-order valence-corrected chi connectivity index (χ2v) is 2.09. The summed E-state index contributed by atoms with van der Waals surface area (Å²) >= 11 is 0. The Morgan fingerprint density at radius 1 is 1.50 bits per heavy atom. The van der Waals surface area contributed by atoms with Crippen LogP contribution in [0.4, 0.5) is 0 Å². The third-order valence-corrected chi connectivity index (χ3v) is 1.63. The largest absolute Gasteiger partial charge is 0.357 e. The van der Waals surface area contributed by atoms with Crippen LogP contribution < -0.4 is 5.73 Å². The molecular weight excluding hydrogens is 74.1 g/mol. The van der Waals surface area contributed by atoms with Gasteiger partial charge in [0, 0.05) is 5.92 Å². The molecule has 0 heterocycles. The highest BCUT2D eigenvalue weighted by molar-refractivity contribution is 4.66. The molecule has 1 heteroatoms. The quantitative estimate of drug-likeness (QED) is 0.466. The Balaban J connectivity index is 2.01. The van der Waals surface area contributed by atoms with Gasteiger partial charge in [-0.3, -0.25) is 0 Å². The van der Waals surface area contributed by atoms with E-state index in [4.69, 9.17) is 0 Å². The Morgan fingerprint density at radius 2 is 2.17 bits per heavy atom. The fourth-order valence-electron chi connectivity index (χ4n) is 0.781. The molecule has 0 spiro atoms. The van der Waals surface area contributed by atoms with Crippen LogP contribution in [0.2, 0.25) is 0 Å². The number of hydrogen-bond acceptors (Lipinski definition) is 0. The van der Waals surface area contributed by atoms with Crippen LogP contribution in [0.25, 0.3) is 0 Å². The maximum Gasteiger partial charge on any atom is 0.0768 e. The molecule has 0 atom stereocenters. The van der Waals surface area contributed by atoms with Crippen molar-refractivity contribution < 1.29 is 5.73 Å². The van der Waals surface area contributed by atoms with Gasteiger partial charge in [0.1, 0.15) is 0 Å². The lowest BCUT2D eigenvalue weighted by Crippen LogP contribution is -2.54. The first-order valence-electron chi connectivity index (χ1n) is 2.72. The van der Waals surface area contributed by atoms with E-state index in [1.807, 2.05) is 0 Å². The monoisotopic (exact) mass is 86.1 g/mol. The molecule has 0 radical (unpaired) electrons. The van der Waals surface area contributed by atoms with Gasteiger partial charge in [0.2, 0.25) is 0 Å². The highest BCUT2D eigenvalue weighted by atomic mass is 14.6. The van der Waals surface area contributed by atoms with Gasteiger partial charge < -0.3 is 5.73 Å². The van der Waals surface area contributed by atoms with E-state index in [9.17, 15) is 0 Å². The summed E-state index contributed by atoms with van der Waals surface area (Å²) in [7, 11) is 0. The maximum atomic E-state index is 3.81. The minimum Gasteiger partial charge on any atom is -0.357 e. The third kappa shape index (κ3) is 0.548. The molecule has 0 bridgehead atoms. The second-order valence-electron chi connectivity index (χ2n) is 2.09. The van der Waals surface area contributed by atoms with Crippen LogP contribution in [-0.4, -0.2) is 6.54 Å². The Bertz CT molecular complexity index is 36.4. The van der Waals surface area contributed by atoms with E-state index in [0.29, 0.717) is 0 Å². The summed E-state index contributed by atoms with van der Waals surface area (Å²) < 4.78 is 0. The molecule has 0 aromatic carbocycles. The van der Waals surface area contributed by atoms with Crippen molar-refractivity contribution in [2.24, 2.45) is 5.92 Å². The van der Waals surface area contributed by atoms with Crippen molar-refractivity contribution in [1.82, 2.24) is 0 Å². The molecule has 1 aliphatic carbocycles. The molecule has 1 saturated carbocycles. The van der Waals surface area contributed by atoms with Crippen LogP contribution in [0.5, 0.6) is 0 Å². The molecule has 3 N–H and O–H groups in total. The van der Waals surface area contributed by atoms with Crippen molar-refractivity contribution in [2.75, 3.05) is 6.54 Å². The minimum absolute atomic E-state index is 1.00. The molecule has 1 aliphatic rings. The molecule has 0 aliphatic heterocycles. The molecule has 0 saturated heterocycles. The third-order valence-electron chi connectivity index (χ3n) is 1.63. The molecule has 1 nitrogen and oxygen atoms in total. The summed E-state index contributed by atoms with van der Waals surface area (Å²) in [6.45, 7) is 1.17. The van der Waals surface area contributed by atoms with Gasteiger partial charge in [-0.25, -0.2) is 0 Å². The van der Waals surface area contributed by atoms with Gasteiger partial charge in [-0.15, -0.1) is 0 Å². The van der Waals surface area contributed by atoms with Gasteiger partial charge in [-0.2, -0.15) is 0 Å². The molecule has 0 amide bonds. The van der Waals surface area contributed by atoms with Crippen LogP contribution in [0.15, 0.2) is 0 Å². The first-order valence-corrected chi connectivity index (χ1v) is 2.72. The molecule has 0 aromatic heterocycles. The lowest BCUT2D eigenvalue weighted by atomic mass is 9.86. The number of hydrogen-bond donors (Lipinski definition) is 1. The van der Waals surface area contributed by atoms with E-state index >= 15 is 0 Å². The number of rotatable bonds is 1. The first-order chi connectivity index (χ1) is 2.93. The zero-order valence-electron chi connectivity index (χ0n) is 4.11. The van der Waals surface area contributed by atoms with E-state index in [1.54, 1.807) is 0 Å². The Labute approximate surface area is 38.5 Å². The van der Waals surface area contributed by atoms with E-state index in [2.05, 4.69) is 5.73 Å². The van der Waals surface area contributed by atoms with Crippen LogP contribution in [-0.2, 0) is 0 Å². The summed E-state index contributed by atoms with van der Waals surface area (Å²) in [6, 6.07) is 0. The molecule has 1 rings (SSSR count). The van der Waals surface area contributed by atoms with Gasteiger partial charge in [-0.1, -0.05) is 6.42 Å². The zero-order valence-corrected chi connectivity index (χ0v) is 4.11. The van der Waals surface area contributed by atoms with E-state index < -0.39 is 0 Å². The van der Waals surface area contributed by atoms with E-state index in [-0.39, 0.29) is 0 Å². The Morgan fingerprint density at radius 3 is 2.17 bits per heavy atom. The van der Waals surface area contributed by atoms with Crippen molar-refractivity contribution in [3.63, 3.8) is 0 Å². The SMILES string of the molecule is [NH3+]CC1CCC1. The van der Waals surface area contributed by atoms with E-state index in [1.165, 1.54) is 25.8 Å². The van der Waals surface area contributed by atoms with Crippen molar-refractivity contribution in [2.45, 2.75) is 19.3 Å². The Kier molecular flexibility index (Phi) is 1.10. The van der Waals surface area contributed by atoms with Gasteiger partial charge in [0.05, 0.1) is 6.54 Å². The summed E-state index contributed by atoms with van der Waals surface area (Å²) in [5, 5.41) is 0. The van der Waals surface area contributed by atoms with E-state index in [0.717, 1.165) is 5.92 Å². The summed E-state index contributed by atoms with van der Waals surface area (Å²) in [5.74, 6) is 1.00. The molecule has 36 valence electrons. The predicted octanol–water partition coefficient (Wildman–Crippen LogP) is 0.0284. The second kappa shape index (κ2) is 1.61. The zero-order chi connectivity index (χ0) is 4.41. The normalized spacial score (nSPS) is 23.5. The fourth-order valence-corrected chi connectivity index (χ4v) is 0.781. The lowest BCUT2D eigenvalue weighted by molar-refractivity contribution is -0.383. The van der Waals surface area contributed by atoms with Gasteiger partial charge in [-0.05, 0) is 12.8 Å². The number of quaternary nitrogens is 1. The Hall–Kier alpha value is -0.0400. The van der Waals surface area contributed by atoms with Crippen molar-refractivity contribution in [1.29, 1.82) is 0 Å². The van der Waals surface area contributed by atoms with Crippen molar-refractivity contribution >= 4 is 0 Å². The van der Waals surface area contributed by atoms with Crippen molar-refractivity contribution in [3.05, 3.63) is 0 Å². The van der Waals surface area contributed by atoms with Crippen molar-refractivity contribution in [3.8, 4) is 0 Å². The highest BCUT2D eigenvalue weighted by Gasteiger charge is 2.16. The van der Waals surface area contributed by atoms with Crippen LogP contribution in [0.3, 0.4) is 0 Å². The summed E-state index contributed by atoms with van der Waals surface area (Å²) in [5.41, 5.74) is 3.81. The molecular formula is C5H12N+. The van der Waals surface area contributed by atoms with Gasteiger partial charge in [0.25, 0.3) is 0 Å². The van der Waals surface area contributed by atoms with Gasteiger partial charge in [0.15, 0.2) is 0 Å². The summed E-state index contributed by atoms with van der Waals surface area (Å²) in [4.78, 5) is 0. The maximum absolute atomic E-state index is 3.81. The standard InChI is InChI=1S/C5H11N/c6-4-5-2-1-3-5/h5H,1-4,6H2/p+1. The first kappa shape index (κ1) is 4.13. The average Bonchev–Trinajstić information content (AvgIpc) is 1.31. The molecule has 6 heavy (non-hydrogen) atoms.